The molecule has 2 fully saturated rings. The van der Waals surface area contributed by atoms with Gasteiger partial charge in [0.25, 0.3) is 0 Å². The molecule has 2 aliphatic rings. The predicted molar refractivity (Wildman–Crippen MR) is 71.1 cm³/mol. The summed E-state index contributed by atoms with van der Waals surface area (Å²) in [7, 11) is 0. The van der Waals surface area contributed by atoms with Gasteiger partial charge < -0.3 is 11.1 Å². The fraction of sp³-hybridized carbons (Fsp3) is 0.692. The molecule has 3 rings (SSSR count). The number of hydrogen-bond acceptors (Lipinski definition) is 4. The normalized spacial score (nSPS) is 33.8. The highest BCUT2D eigenvalue weighted by molar-refractivity contribution is 7.07. The monoisotopic (exact) mass is 265 g/mol. The molecule has 3 N–H and O–H groups in total. The van der Waals surface area contributed by atoms with Gasteiger partial charge in [-0.1, -0.05) is 0 Å². The first kappa shape index (κ1) is 12.1. The van der Waals surface area contributed by atoms with Crippen molar-refractivity contribution >= 4 is 17.2 Å². The summed E-state index contributed by atoms with van der Waals surface area (Å²) in [6.45, 7) is 0.670. The van der Waals surface area contributed by atoms with Crippen LogP contribution < -0.4 is 11.1 Å². The Morgan fingerprint density at radius 1 is 1.50 bits per heavy atom. The van der Waals surface area contributed by atoms with Crippen molar-refractivity contribution in [2.45, 2.75) is 31.7 Å². The third-order valence-electron chi connectivity index (χ3n) is 4.45. The molecule has 0 aliphatic heterocycles. The largest absolute Gasteiger partial charge is 0.355 e. The van der Waals surface area contributed by atoms with Crippen molar-refractivity contribution in [2.24, 2.45) is 23.5 Å². The van der Waals surface area contributed by atoms with E-state index in [2.05, 4.69) is 10.3 Å². The van der Waals surface area contributed by atoms with E-state index in [1.165, 1.54) is 12.8 Å². The van der Waals surface area contributed by atoms with Crippen LogP contribution in [0.25, 0.3) is 0 Å². The SMILES string of the molecule is NC1C2CCC(C2)C1C(=O)NCCc1cscn1. The van der Waals surface area contributed by atoms with E-state index in [4.69, 9.17) is 5.73 Å². The topological polar surface area (TPSA) is 68.0 Å². The van der Waals surface area contributed by atoms with Crippen LogP contribution >= 0.6 is 11.3 Å². The number of thiazole rings is 1. The molecule has 5 heteroatoms. The van der Waals surface area contributed by atoms with Crippen molar-refractivity contribution in [1.82, 2.24) is 10.3 Å². The number of aromatic nitrogens is 1. The molecular formula is C13H19N3OS. The molecule has 0 spiro atoms. The first-order valence-electron chi connectivity index (χ1n) is 6.66. The molecule has 0 radical (unpaired) electrons. The van der Waals surface area contributed by atoms with E-state index in [0.717, 1.165) is 18.5 Å². The van der Waals surface area contributed by atoms with Crippen molar-refractivity contribution in [3.63, 3.8) is 0 Å². The van der Waals surface area contributed by atoms with Crippen LogP contribution in [0.3, 0.4) is 0 Å². The molecule has 4 nitrogen and oxygen atoms in total. The minimum absolute atomic E-state index is 0.0548. The Morgan fingerprint density at radius 3 is 3.00 bits per heavy atom. The van der Waals surface area contributed by atoms with E-state index in [-0.39, 0.29) is 17.9 Å². The molecular weight excluding hydrogens is 246 g/mol. The van der Waals surface area contributed by atoms with E-state index in [9.17, 15) is 4.79 Å². The second-order valence-corrected chi connectivity index (χ2v) is 6.18. The number of carbonyl (C=O) groups is 1. The van der Waals surface area contributed by atoms with E-state index in [1.54, 1.807) is 11.3 Å². The smallest absolute Gasteiger partial charge is 0.224 e. The summed E-state index contributed by atoms with van der Waals surface area (Å²) in [5.41, 5.74) is 9.04. The van der Waals surface area contributed by atoms with Crippen LogP contribution in [-0.2, 0) is 11.2 Å². The predicted octanol–water partition coefficient (Wildman–Crippen LogP) is 1.18. The lowest BCUT2D eigenvalue weighted by Gasteiger charge is -2.26. The van der Waals surface area contributed by atoms with Gasteiger partial charge in [0.1, 0.15) is 0 Å². The molecule has 1 aromatic heterocycles. The number of carbonyl (C=O) groups excluding carboxylic acids is 1. The van der Waals surface area contributed by atoms with Crippen molar-refractivity contribution in [3.8, 4) is 0 Å². The summed E-state index contributed by atoms with van der Waals surface area (Å²) in [6.07, 6.45) is 4.37. The molecule has 0 aromatic carbocycles. The van der Waals surface area contributed by atoms with Crippen molar-refractivity contribution in [3.05, 3.63) is 16.6 Å². The van der Waals surface area contributed by atoms with Crippen LogP contribution in [0.4, 0.5) is 0 Å². The maximum absolute atomic E-state index is 12.2. The molecule has 18 heavy (non-hydrogen) atoms. The standard InChI is InChI=1S/C13H19N3OS/c14-12-9-2-1-8(5-9)11(12)13(17)15-4-3-10-6-18-7-16-10/h6-9,11-12H,1-5,14H2,(H,15,17). The van der Waals surface area contributed by atoms with Crippen LogP contribution in [0.15, 0.2) is 10.9 Å². The molecule has 1 aromatic rings. The quantitative estimate of drug-likeness (QED) is 0.859. The van der Waals surface area contributed by atoms with Crippen LogP contribution in [-0.4, -0.2) is 23.5 Å². The Bertz CT molecular complexity index is 418. The lowest BCUT2D eigenvalue weighted by atomic mass is 9.84. The summed E-state index contributed by atoms with van der Waals surface area (Å²) < 4.78 is 0. The maximum Gasteiger partial charge on any atom is 0.224 e. The van der Waals surface area contributed by atoms with E-state index >= 15 is 0 Å². The van der Waals surface area contributed by atoms with Gasteiger partial charge in [-0.2, -0.15) is 0 Å². The molecule has 2 saturated carbocycles. The number of nitrogens with one attached hydrogen (secondary N) is 1. The molecule has 98 valence electrons. The minimum Gasteiger partial charge on any atom is -0.355 e. The fourth-order valence-corrected chi connectivity index (χ4v) is 4.11. The highest BCUT2D eigenvalue weighted by Gasteiger charge is 2.48. The summed E-state index contributed by atoms with van der Waals surface area (Å²) in [4.78, 5) is 16.4. The number of hydrogen-bond donors (Lipinski definition) is 2. The molecule has 2 bridgehead atoms. The first-order valence-corrected chi connectivity index (χ1v) is 7.60. The summed E-state index contributed by atoms with van der Waals surface area (Å²) in [6, 6.07) is 0.0861. The first-order chi connectivity index (χ1) is 8.75. The van der Waals surface area contributed by atoms with Gasteiger partial charge in [-0.25, -0.2) is 4.98 Å². The number of rotatable bonds is 4. The summed E-state index contributed by atoms with van der Waals surface area (Å²) in [5, 5.41) is 5.05. The lowest BCUT2D eigenvalue weighted by molar-refractivity contribution is -0.127. The third-order valence-corrected chi connectivity index (χ3v) is 5.08. The van der Waals surface area contributed by atoms with Crippen LogP contribution in [0.2, 0.25) is 0 Å². The Hall–Kier alpha value is -0.940. The van der Waals surface area contributed by atoms with E-state index in [1.807, 2.05) is 10.9 Å². The Labute approximate surface area is 111 Å². The average molecular weight is 265 g/mol. The molecule has 1 amide bonds. The zero-order chi connectivity index (χ0) is 12.5. The highest BCUT2D eigenvalue weighted by atomic mass is 32.1. The van der Waals surface area contributed by atoms with Crippen molar-refractivity contribution in [2.75, 3.05) is 6.54 Å². The highest BCUT2D eigenvalue weighted by Crippen LogP contribution is 2.47. The van der Waals surface area contributed by atoms with Crippen LogP contribution in [0.1, 0.15) is 25.0 Å². The number of nitrogens with zero attached hydrogens (tertiary/aromatic N) is 1. The van der Waals surface area contributed by atoms with Crippen molar-refractivity contribution in [1.29, 1.82) is 0 Å². The van der Waals surface area contributed by atoms with E-state index in [0.29, 0.717) is 18.4 Å². The van der Waals surface area contributed by atoms with Gasteiger partial charge in [0.15, 0.2) is 0 Å². The Balaban J connectivity index is 1.50. The number of fused-ring (bicyclic) bond motifs is 2. The molecule has 1 heterocycles. The molecule has 4 atom stereocenters. The third kappa shape index (κ3) is 2.17. The van der Waals surface area contributed by atoms with Crippen molar-refractivity contribution < 1.29 is 4.79 Å². The van der Waals surface area contributed by atoms with Gasteiger partial charge in [-0.3, -0.25) is 4.79 Å². The lowest BCUT2D eigenvalue weighted by Crippen LogP contribution is -2.45. The average Bonchev–Trinajstić information content (AvgIpc) is 3.03. The van der Waals surface area contributed by atoms with Gasteiger partial charge in [-0.05, 0) is 31.1 Å². The van der Waals surface area contributed by atoms with Crippen LogP contribution in [0.5, 0.6) is 0 Å². The summed E-state index contributed by atoms with van der Waals surface area (Å²) in [5.74, 6) is 1.33. The minimum atomic E-state index is 0.0548. The zero-order valence-corrected chi connectivity index (χ0v) is 11.2. The zero-order valence-electron chi connectivity index (χ0n) is 10.3. The number of amides is 1. The second-order valence-electron chi connectivity index (χ2n) is 5.46. The molecule has 0 saturated heterocycles. The molecule has 4 unspecified atom stereocenters. The van der Waals surface area contributed by atoms with Crippen LogP contribution in [0, 0.1) is 17.8 Å². The van der Waals surface area contributed by atoms with Gasteiger partial charge in [0.2, 0.25) is 5.91 Å². The van der Waals surface area contributed by atoms with E-state index < -0.39 is 0 Å². The van der Waals surface area contributed by atoms with Gasteiger partial charge in [0, 0.05) is 24.4 Å². The van der Waals surface area contributed by atoms with Gasteiger partial charge >= 0.3 is 0 Å². The molecule has 2 aliphatic carbocycles. The Morgan fingerprint density at radius 2 is 2.33 bits per heavy atom. The summed E-state index contributed by atoms with van der Waals surface area (Å²) >= 11 is 1.59. The maximum atomic E-state index is 12.2. The fourth-order valence-electron chi connectivity index (χ4n) is 3.52. The van der Waals surface area contributed by atoms with Gasteiger partial charge in [-0.15, -0.1) is 11.3 Å². The number of nitrogens with two attached hydrogens (primary N) is 1. The Kier molecular flexibility index (Phi) is 3.35. The van der Waals surface area contributed by atoms with Gasteiger partial charge in [0.05, 0.1) is 17.1 Å². The second kappa shape index (κ2) is 4.97.